The van der Waals surface area contributed by atoms with E-state index in [1.807, 2.05) is 24.3 Å². The molecule has 4 heteroatoms. The summed E-state index contributed by atoms with van der Waals surface area (Å²) in [6.07, 6.45) is 0. The summed E-state index contributed by atoms with van der Waals surface area (Å²) in [5, 5.41) is 3.28. The van der Waals surface area contributed by atoms with Crippen LogP contribution in [-0.2, 0) is 0 Å². The van der Waals surface area contributed by atoms with Crippen LogP contribution in [-0.4, -0.2) is 13.7 Å². The van der Waals surface area contributed by atoms with Crippen molar-refractivity contribution in [2.24, 2.45) is 5.73 Å². The highest BCUT2D eigenvalue weighted by Crippen LogP contribution is 2.22. The van der Waals surface area contributed by atoms with Crippen LogP contribution in [0.15, 0.2) is 48.5 Å². The first kappa shape index (κ1) is 13.4. The van der Waals surface area contributed by atoms with Gasteiger partial charge in [-0.15, -0.1) is 0 Å². The quantitative estimate of drug-likeness (QED) is 0.869. The van der Waals surface area contributed by atoms with Gasteiger partial charge >= 0.3 is 0 Å². The first-order chi connectivity index (χ1) is 9.22. The van der Waals surface area contributed by atoms with Gasteiger partial charge in [-0.25, -0.2) is 4.39 Å². The minimum absolute atomic E-state index is 0.0411. The van der Waals surface area contributed by atoms with Crippen LogP contribution in [0.25, 0.3) is 0 Å². The van der Waals surface area contributed by atoms with E-state index in [-0.39, 0.29) is 11.9 Å². The minimum atomic E-state index is -0.253. The maximum Gasteiger partial charge on any atom is 0.123 e. The maximum atomic E-state index is 12.9. The first-order valence-corrected chi connectivity index (χ1v) is 6.09. The second-order valence-corrected chi connectivity index (χ2v) is 4.22. The van der Waals surface area contributed by atoms with Crippen molar-refractivity contribution >= 4 is 5.69 Å². The molecular weight excluding hydrogens is 243 g/mol. The summed E-state index contributed by atoms with van der Waals surface area (Å²) in [6.45, 7) is 0.435. The highest BCUT2D eigenvalue weighted by Gasteiger charge is 2.10. The van der Waals surface area contributed by atoms with Crippen molar-refractivity contribution in [1.82, 2.24) is 0 Å². The Bertz CT molecular complexity index is 528. The lowest BCUT2D eigenvalue weighted by Crippen LogP contribution is -2.20. The number of nitrogens with two attached hydrogens (primary N) is 1. The molecular formula is C15H17FN2O. The van der Waals surface area contributed by atoms with Crippen LogP contribution in [0.3, 0.4) is 0 Å². The number of nitrogens with one attached hydrogen (secondary N) is 1. The summed E-state index contributed by atoms with van der Waals surface area (Å²) in [7, 11) is 1.63. The fraction of sp³-hybridized carbons (Fsp3) is 0.200. The van der Waals surface area contributed by atoms with Gasteiger partial charge in [0.25, 0.3) is 0 Å². The van der Waals surface area contributed by atoms with Crippen LogP contribution < -0.4 is 15.8 Å². The predicted octanol–water partition coefficient (Wildman–Crippen LogP) is 2.95. The van der Waals surface area contributed by atoms with Crippen LogP contribution in [0.4, 0.5) is 10.1 Å². The average molecular weight is 260 g/mol. The molecule has 2 rings (SSSR count). The van der Waals surface area contributed by atoms with E-state index in [1.165, 1.54) is 12.1 Å². The molecule has 1 atom stereocenters. The van der Waals surface area contributed by atoms with Gasteiger partial charge in [-0.3, -0.25) is 0 Å². The zero-order valence-electron chi connectivity index (χ0n) is 10.8. The van der Waals surface area contributed by atoms with Crippen LogP contribution in [0.5, 0.6) is 5.75 Å². The van der Waals surface area contributed by atoms with Crippen molar-refractivity contribution in [2.75, 3.05) is 19.0 Å². The molecule has 0 fully saturated rings. The van der Waals surface area contributed by atoms with E-state index >= 15 is 0 Å². The minimum Gasteiger partial charge on any atom is -0.497 e. The van der Waals surface area contributed by atoms with Crippen LogP contribution in [0, 0.1) is 5.82 Å². The Labute approximate surface area is 112 Å². The lowest BCUT2D eigenvalue weighted by atomic mass is 10.1. The Kier molecular flexibility index (Phi) is 4.36. The largest absolute Gasteiger partial charge is 0.497 e. The maximum absolute atomic E-state index is 12.9. The number of rotatable bonds is 5. The van der Waals surface area contributed by atoms with Gasteiger partial charge in [0.15, 0.2) is 0 Å². The second kappa shape index (κ2) is 6.20. The molecule has 19 heavy (non-hydrogen) atoms. The van der Waals surface area contributed by atoms with Crippen LogP contribution in [0.2, 0.25) is 0 Å². The molecule has 0 bridgehead atoms. The van der Waals surface area contributed by atoms with Crippen LogP contribution in [0.1, 0.15) is 11.6 Å². The molecule has 100 valence electrons. The molecule has 3 N–H and O–H groups in total. The summed E-state index contributed by atoms with van der Waals surface area (Å²) < 4.78 is 18.1. The van der Waals surface area contributed by atoms with Gasteiger partial charge in [0.2, 0.25) is 0 Å². The van der Waals surface area contributed by atoms with E-state index in [2.05, 4.69) is 5.32 Å². The van der Waals surface area contributed by atoms with Gasteiger partial charge in [-0.2, -0.15) is 0 Å². The zero-order valence-corrected chi connectivity index (χ0v) is 10.8. The van der Waals surface area contributed by atoms with Gasteiger partial charge in [-0.05, 0) is 42.0 Å². The van der Waals surface area contributed by atoms with Gasteiger partial charge < -0.3 is 15.8 Å². The fourth-order valence-corrected chi connectivity index (χ4v) is 1.88. The molecule has 0 aliphatic heterocycles. The molecule has 2 aromatic carbocycles. The fourth-order valence-electron chi connectivity index (χ4n) is 1.88. The molecule has 0 aliphatic carbocycles. The van der Waals surface area contributed by atoms with Crippen molar-refractivity contribution < 1.29 is 9.13 Å². The lowest BCUT2D eigenvalue weighted by Gasteiger charge is -2.19. The van der Waals surface area contributed by atoms with E-state index in [0.29, 0.717) is 6.54 Å². The molecule has 0 saturated heterocycles. The summed E-state index contributed by atoms with van der Waals surface area (Å²) in [5.74, 6) is 0.535. The van der Waals surface area contributed by atoms with E-state index < -0.39 is 0 Å². The van der Waals surface area contributed by atoms with E-state index in [0.717, 1.165) is 17.0 Å². The average Bonchev–Trinajstić information content (AvgIpc) is 2.46. The second-order valence-electron chi connectivity index (χ2n) is 4.22. The Hall–Kier alpha value is -2.07. The van der Waals surface area contributed by atoms with Crippen molar-refractivity contribution in [1.29, 1.82) is 0 Å². The third kappa shape index (κ3) is 3.45. The smallest absolute Gasteiger partial charge is 0.123 e. The molecule has 0 amide bonds. The molecule has 0 saturated carbocycles. The van der Waals surface area contributed by atoms with Crippen molar-refractivity contribution in [2.45, 2.75) is 6.04 Å². The summed E-state index contributed by atoms with van der Waals surface area (Å²) in [5.41, 5.74) is 7.66. The first-order valence-electron chi connectivity index (χ1n) is 6.09. The highest BCUT2D eigenvalue weighted by atomic mass is 19.1. The number of hydrogen-bond donors (Lipinski definition) is 2. The molecule has 0 aliphatic rings. The van der Waals surface area contributed by atoms with Gasteiger partial charge in [0.1, 0.15) is 11.6 Å². The lowest BCUT2D eigenvalue weighted by molar-refractivity contribution is 0.414. The normalized spacial score (nSPS) is 11.9. The number of halogens is 1. The van der Waals surface area contributed by atoms with Gasteiger partial charge in [0.05, 0.1) is 13.2 Å². The molecule has 0 spiro atoms. The number of hydrogen-bond acceptors (Lipinski definition) is 3. The van der Waals surface area contributed by atoms with Gasteiger partial charge in [0, 0.05) is 12.2 Å². The Balaban J connectivity index is 2.17. The summed E-state index contributed by atoms with van der Waals surface area (Å²) in [6, 6.07) is 13.9. The molecule has 0 radical (unpaired) electrons. The number of ether oxygens (including phenoxy) is 1. The number of methoxy groups -OCH3 is 1. The third-order valence-electron chi connectivity index (χ3n) is 2.92. The summed E-state index contributed by atoms with van der Waals surface area (Å²) >= 11 is 0. The standard InChI is InChI=1S/C15H17FN2O/c1-19-14-4-2-3-11(9-14)15(10-17)18-13-7-5-12(16)6-8-13/h2-9,15,18H,10,17H2,1H3. The van der Waals surface area contributed by atoms with E-state index in [1.54, 1.807) is 19.2 Å². The number of benzene rings is 2. The third-order valence-corrected chi connectivity index (χ3v) is 2.92. The molecule has 1 unspecified atom stereocenters. The molecule has 2 aromatic rings. The topological polar surface area (TPSA) is 47.3 Å². The Morgan fingerprint density at radius 3 is 2.58 bits per heavy atom. The SMILES string of the molecule is COc1cccc(C(CN)Nc2ccc(F)cc2)c1. The van der Waals surface area contributed by atoms with Gasteiger partial charge in [-0.1, -0.05) is 12.1 Å². The van der Waals surface area contributed by atoms with Crippen molar-refractivity contribution in [3.8, 4) is 5.75 Å². The predicted molar refractivity (Wildman–Crippen MR) is 74.8 cm³/mol. The molecule has 3 nitrogen and oxygen atoms in total. The zero-order chi connectivity index (χ0) is 13.7. The summed E-state index contributed by atoms with van der Waals surface area (Å²) in [4.78, 5) is 0. The van der Waals surface area contributed by atoms with E-state index in [4.69, 9.17) is 10.5 Å². The van der Waals surface area contributed by atoms with E-state index in [9.17, 15) is 4.39 Å². The molecule has 0 aromatic heterocycles. The number of anilines is 1. The van der Waals surface area contributed by atoms with Crippen molar-refractivity contribution in [3.63, 3.8) is 0 Å². The Morgan fingerprint density at radius 2 is 1.95 bits per heavy atom. The Morgan fingerprint density at radius 1 is 1.21 bits per heavy atom. The van der Waals surface area contributed by atoms with Crippen LogP contribution >= 0.6 is 0 Å². The highest BCUT2D eigenvalue weighted by molar-refractivity contribution is 5.46. The molecule has 0 heterocycles. The van der Waals surface area contributed by atoms with Crippen molar-refractivity contribution in [3.05, 3.63) is 59.9 Å². The monoisotopic (exact) mass is 260 g/mol.